The van der Waals surface area contributed by atoms with Gasteiger partial charge in [-0.15, -0.1) is 0 Å². The van der Waals surface area contributed by atoms with E-state index in [-0.39, 0.29) is 69.2 Å². The lowest BCUT2D eigenvalue weighted by molar-refractivity contribution is -0.182. The molecule has 1 aliphatic heterocycles. The van der Waals surface area contributed by atoms with Gasteiger partial charge in [-0.1, -0.05) is 34.6 Å². The van der Waals surface area contributed by atoms with Crippen molar-refractivity contribution in [1.29, 1.82) is 0 Å². The van der Waals surface area contributed by atoms with Crippen molar-refractivity contribution in [1.82, 2.24) is 0 Å². The Bertz CT molecular complexity index is 1050. The molecule has 0 bridgehead atoms. The van der Waals surface area contributed by atoms with Crippen molar-refractivity contribution in [2.45, 2.75) is 137 Å². The number of rotatable bonds is 5. The Kier molecular flexibility index (Phi) is 5.62. The van der Waals surface area contributed by atoms with E-state index in [0.29, 0.717) is 18.3 Å². The van der Waals surface area contributed by atoms with Gasteiger partial charge in [0.25, 0.3) is 0 Å². The summed E-state index contributed by atoms with van der Waals surface area (Å²) >= 11 is 0. The molecule has 1 unspecified atom stereocenters. The topological polar surface area (TPSA) is 96.4 Å². The van der Waals surface area contributed by atoms with E-state index < -0.39 is 11.5 Å². The molecule has 1 saturated heterocycles. The van der Waals surface area contributed by atoms with Gasteiger partial charge in [0.05, 0.1) is 11.7 Å². The van der Waals surface area contributed by atoms with Crippen LogP contribution in [0.15, 0.2) is 0 Å². The van der Waals surface area contributed by atoms with E-state index in [2.05, 4.69) is 34.6 Å². The second kappa shape index (κ2) is 7.85. The lowest BCUT2D eigenvalue weighted by atomic mass is 9.41. The number of aliphatic hydroxyl groups excluding tert-OH is 2. The fraction of sp³-hybridized carbons (Fsp3) is 0.938. The van der Waals surface area contributed by atoms with E-state index in [1.807, 2.05) is 13.8 Å². The summed E-state index contributed by atoms with van der Waals surface area (Å²) in [5, 5.41) is 22.7. The first-order valence-electron chi connectivity index (χ1n) is 15.2. The Hall–Kier alpha value is -0.980. The molecule has 0 radical (unpaired) electrons. The Balaban J connectivity index is 1.31. The molecule has 2 spiro atoms. The van der Waals surface area contributed by atoms with Crippen LogP contribution in [0.3, 0.4) is 0 Å². The molecular weight excluding hydrogens is 480 g/mol. The number of carbonyl (C=O) groups is 2. The summed E-state index contributed by atoms with van der Waals surface area (Å²) in [6, 6.07) is 0. The van der Waals surface area contributed by atoms with Crippen LogP contribution in [0.2, 0.25) is 0 Å². The number of hydrogen-bond donors (Lipinski definition) is 2. The number of epoxide rings is 1. The van der Waals surface area contributed by atoms with Gasteiger partial charge in [-0.2, -0.15) is 0 Å². The summed E-state index contributed by atoms with van der Waals surface area (Å²) in [6.07, 6.45) is 6.12. The molecule has 6 fully saturated rings. The quantitative estimate of drug-likeness (QED) is 0.381. The highest BCUT2D eigenvalue weighted by Crippen LogP contribution is 2.88. The van der Waals surface area contributed by atoms with Gasteiger partial charge in [-0.25, -0.2) is 0 Å². The number of ether oxygens (including phenoxy) is 2. The van der Waals surface area contributed by atoms with Crippen molar-refractivity contribution < 1.29 is 29.3 Å². The molecule has 6 heteroatoms. The van der Waals surface area contributed by atoms with Crippen molar-refractivity contribution in [3.05, 3.63) is 0 Å². The maximum atomic E-state index is 14.0. The lowest BCUT2D eigenvalue weighted by Gasteiger charge is -2.63. The van der Waals surface area contributed by atoms with E-state index >= 15 is 0 Å². The molecule has 1 heterocycles. The third-order valence-corrected chi connectivity index (χ3v) is 14.0. The van der Waals surface area contributed by atoms with Crippen LogP contribution >= 0.6 is 0 Å². The van der Waals surface area contributed by atoms with Gasteiger partial charge in [-0.05, 0) is 105 Å². The van der Waals surface area contributed by atoms with Crippen LogP contribution in [-0.2, 0) is 19.1 Å². The molecule has 6 rings (SSSR count). The minimum Gasteiger partial charge on any atom is -0.460 e. The Labute approximate surface area is 228 Å². The zero-order valence-corrected chi connectivity index (χ0v) is 24.8. The van der Waals surface area contributed by atoms with Crippen LogP contribution in [0, 0.1) is 50.7 Å². The van der Waals surface area contributed by atoms with Crippen molar-refractivity contribution >= 4 is 11.8 Å². The van der Waals surface area contributed by atoms with E-state index in [0.717, 1.165) is 38.5 Å². The highest BCUT2D eigenvalue weighted by Gasteiger charge is 2.84. The summed E-state index contributed by atoms with van der Waals surface area (Å²) in [7, 11) is 0. The molecule has 0 aromatic heterocycles. The molecule has 5 saturated carbocycles. The number of Topliss-reactive ketones (excluding diaryl/α,β-unsaturated/α-hetero) is 1. The standard InChI is InChI=1S/C32H50O6/c1-17(15-19(37-18(2)33)26-28(5,6)38-26)23-24(35)25(36)30(8)21-10-9-20-27(3,4)22(34)11-12-31(20)16-32(21,31)14-13-29(23,30)7/h17,19-23,25-26,34,36H,9-16H2,1-8H3/t17-,19-,20+,21+,22+,23+,25?,26+,29-,30-,31-,32+/m1/s1. The van der Waals surface area contributed by atoms with Crippen LogP contribution in [0.1, 0.15) is 107 Å². The highest BCUT2D eigenvalue weighted by molar-refractivity contribution is 5.90. The highest BCUT2D eigenvalue weighted by atomic mass is 16.6. The second-order valence-electron chi connectivity index (χ2n) is 16.0. The fourth-order valence-electron chi connectivity index (χ4n) is 11.9. The summed E-state index contributed by atoms with van der Waals surface area (Å²) in [6.45, 7) is 16.6. The van der Waals surface area contributed by atoms with Crippen LogP contribution in [0.5, 0.6) is 0 Å². The maximum Gasteiger partial charge on any atom is 0.302 e. The minimum absolute atomic E-state index is 0.00618. The first-order valence-corrected chi connectivity index (χ1v) is 15.2. The van der Waals surface area contributed by atoms with Crippen molar-refractivity contribution in [3.63, 3.8) is 0 Å². The van der Waals surface area contributed by atoms with E-state index in [1.54, 1.807) is 0 Å². The smallest absolute Gasteiger partial charge is 0.302 e. The largest absolute Gasteiger partial charge is 0.460 e. The van der Waals surface area contributed by atoms with Gasteiger partial charge in [0.1, 0.15) is 18.3 Å². The summed E-state index contributed by atoms with van der Waals surface area (Å²) in [4.78, 5) is 26.0. The first-order chi connectivity index (χ1) is 17.5. The summed E-state index contributed by atoms with van der Waals surface area (Å²) in [5.41, 5.74) is -0.741. The third kappa shape index (κ3) is 3.12. The molecule has 0 aromatic rings. The van der Waals surface area contributed by atoms with Crippen LogP contribution in [0.25, 0.3) is 0 Å². The molecule has 0 aromatic carbocycles. The Morgan fingerprint density at radius 1 is 1.00 bits per heavy atom. The SMILES string of the molecule is CC(=O)O[C@H](C[C@@H](C)[C@H]1C(=O)C(O)[C@@]2(C)[C@@H]3CC[C@H]4C(C)(C)[C@@H](O)CC[C@@]45C[C@@]35CC[C@]12C)[C@@H]1OC1(C)C. The zero-order valence-electron chi connectivity index (χ0n) is 24.8. The van der Waals surface area contributed by atoms with Gasteiger partial charge in [0.15, 0.2) is 5.78 Å². The monoisotopic (exact) mass is 530 g/mol. The number of esters is 1. The van der Waals surface area contributed by atoms with Crippen molar-refractivity contribution in [2.24, 2.45) is 50.7 Å². The third-order valence-electron chi connectivity index (χ3n) is 14.0. The molecule has 6 nitrogen and oxygen atoms in total. The van der Waals surface area contributed by atoms with Gasteiger partial charge in [0.2, 0.25) is 0 Å². The molecule has 5 aliphatic carbocycles. The predicted molar refractivity (Wildman–Crippen MR) is 143 cm³/mol. The van der Waals surface area contributed by atoms with Gasteiger partial charge < -0.3 is 19.7 Å². The molecule has 38 heavy (non-hydrogen) atoms. The van der Waals surface area contributed by atoms with Crippen LogP contribution in [0.4, 0.5) is 0 Å². The fourth-order valence-corrected chi connectivity index (χ4v) is 11.9. The number of carbonyl (C=O) groups excluding carboxylic acids is 2. The zero-order chi connectivity index (χ0) is 27.8. The summed E-state index contributed by atoms with van der Waals surface area (Å²) < 4.78 is 11.6. The maximum absolute atomic E-state index is 14.0. The molecule has 0 amide bonds. The van der Waals surface area contributed by atoms with E-state index in [4.69, 9.17) is 9.47 Å². The average molecular weight is 531 g/mol. The first kappa shape index (κ1) is 27.2. The van der Waals surface area contributed by atoms with Crippen molar-refractivity contribution in [3.8, 4) is 0 Å². The molecule has 214 valence electrons. The van der Waals surface area contributed by atoms with Crippen LogP contribution < -0.4 is 0 Å². The van der Waals surface area contributed by atoms with Gasteiger partial charge >= 0.3 is 5.97 Å². The number of hydrogen-bond acceptors (Lipinski definition) is 6. The van der Waals surface area contributed by atoms with Crippen molar-refractivity contribution in [2.75, 3.05) is 0 Å². The van der Waals surface area contributed by atoms with Gasteiger partial charge in [0, 0.05) is 18.3 Å². The second-order valence-corrected chi connectivity index (χ2v) is 16.0. The number of aliphatic hydroxyl groups is 2. The minimum atomic E-state index is -0.959. The van der Waals surface area contributed by atoms with Crippen LogP contribution in [-0.4, -0.2) is 52.0 Å². The lowest BCUT2D eigenvalue weighted by Crippen LogP contribution is -2.59. The van der Waals surface area contributed by atoms with Gasteiger partial charge in [-0.3, -0.25) is 9.59 Å². The average Bonchev–Trinajstić information content (AvgIpc) is 3.66. The molecule has 12 atom stereocenters. The normalized spacial score (nSPS) is 53.1. The summed E-state index contributed by atoms with van der Waals surface area (Å²) in [5.74, 6) is 0.208. The molecular formula is C32H50O6. The molecule has 2 N–H and O–H groups in total. The number of ketones is 1. The molecule has 6 aliphatic rings. The van der Waals surface area contributed by atoms with E-state index in [1.165, 1.54) is 13.3 Å². The predicted octanol–water partition coefficient (Wildman–Crippen LogP) is 5.07. The Morgan fingerprint density at radius 2 is 1.61 bits per heavy atom. The Morgan fingerprint density at radius 3 is 2.21 bits per heavy atom. The van der Waals surface area contributed by atoms with E-state index in [9.17, 15) is 19.8 Å². The number of fused-ring (bicyclic) bond motifs is 2.